The molecule has 0 saturated carbocycles. The van der Waals surface area contributed by atoms with E-state index in [1.165, 1.54) is 12.4 Å². The van der Waals surface area contributed by atoms with Crippen LogP contribution in [0.2, 0.25) is 0 Å². The Morgan fingerprint density at radius 1 is 2.00 bits per heavy atom. The van der Waals surface area contributed by atoms with E-state index in [1.54, 1.807) is 0 Å². The Bertz CT molecular complexity index is 73.3. The van der Waals surface area contributed by atoms with Crippen LogP contribution in [0.3, 0.4) is 0 Å². The van der Waals surface area contributed by atoms with Crippen LogP contribution in [0.4, 0.5) is 0 Å². The van der Waals surface area contributed by atoms with E-state index >= 15 is 0 Å². The summed E-state index contributed by atoms with van der Waals surface area (Å²) >= 11 is 5.16. The molecule has 0 spiro atoms. The number of alkyl halides is 1. The van der Waals surface area contributed by atoms with Crippen LogP contribution in [0, 0.1) is 0 Å². The zero-order chi connectivity index (χ0) is 5.86. The fourth-order valence-electron chi connectivity index (χ4n) is 0.0889. The van der Waals surface area contributed by atoms with Crippen molar-refractivity contribution in [3.63, 3.8) is 0 Å². The smallest absolute Gasteiger partial charge is 0.261 e. The lowest BCUT2D eigenvalue weighted by Crippen LogP contribution is -2.25. The summed E-state index contributed by atoms with van der Waals surface area (Å²) in [5.74, 6) is -0.582. The molecule has 0 fully saturated rings. The van der Waals surface area contributed by atoms with Gasteiger partial charge in [0.15, 0.2) is 0 Å². The highest BCUT2D eigenvalue weighted by Crippen LogP contribution is 1.89. The van der Waals surface area contributed by atoms with Crippen LogP contribution < -0.4 is 5.48 Å². The number of hydroxylamine groups is 1. The van der Waals surface area contributed by atoms with E-state index < -0.39 is 11.3 Å². The van der Waals surface area contributed by atoms with Gasteiger partial charge in [0.2, 0.25) is 0 Å². The molecule has 0 aliphatic carbocycles. The van der Waals surface area contributed by atoms with Crippen molar-refractivity contribution in [2.45, 2.75) is 12.3 Å². The molecule has 4 heteroatoms. The van der Waals surface area contributed by atoms with Crippen molar-refractivity contribution in [3.8, 4) is 0 Å². The number of rotatable bonds is 1. The molecule has 0 aliphatic heterocycles. The van der Waals surface area contributed by atoms with E-state index in [2.05, 4.69) is 0 Å². The van der Waals surface area contributed by atoms with Gasteiger partial charge < -0.3 is 0 Å². The Morgan fingerprint density at radius 2 is 2.43 bits per heavy atom. The summed E-state index contributed by atoms with van der Waals surface area (Å²) in [4.78, 5) is 10.0. The third-order valence-corrected chi connectivity index (χ3v) is 0.670. The van der Waals surface area contributed by atoms with Crippen LogP contribution in [0.5, 0.6) is 0 Å². The average Bonchev–Trinajstić information content (AvgIpc) is 1.65. The highest BCUT2D eigenvalue weighted by atomic mass is 35.5. The highest BCUT2D eigenvalue weighted by Gasteiger charge is 2.04. The zero-order valence-electron chi connectivity index (χ0n) is 3.81. The minimum Gasteiger partial charge on any atom is -0.289 e. The van der Waals surface area contributed by atoms with Crippen molar-refractivity contribution >= 4 is 17.5 Å². The van der Waals surface area contributed by atoms with Crippen molar-refractivity contribution < 1.29 is 10.0 Å². The Labute approximate surface area is 46.2 Å². The van der Waals surface area contributed by atoms with Crippen LogP contribution in [0.1, 0.15) is 6.92 Å². The summed E-state index contributed by atoms with van der Waals surface area (Å²) in [5.41, 5.74) is 1.39. The fraction of sp³-hybridized carbons (Fsp3) is 0.667. The van der Waals surface area contributed by atoms with Gasteiger partial charge in [-0.05, 0) is 6.92 Å². The van der Waals surface area contributed by atoms with E-state index in [0.717, 1.165) is 0 Å². The summed E-state index contributed by atoms with van der Waals surface area (Å²) in [6, 6.07) is 0. The number of carbonyl (C=O) groups is 1. The first kappa shape index (κ1) is 6.72. The molecule has 0 aromatic rings. The minimum absolute atomic E-state index is 0.582. The second-order valence-corrected chi connectivity index (χ2v) is 1.75. The molecule has 1 unspecified atom stereocenters. The predicted molar refractivity (Wildman–Crippen MR) is 25.2 cm³/mol. The summed E-state index contributed by atoms with van der Waals surface area (Å²) in [5, 5.41) is 7.16. The van der Waals surface area contributed by atoms with Gasteiger partial charge in [-0.15, -0.1) is 11.6 Å². The summed E-state index contributed by atoms with van der Waals surface area (Å²) in [6.07, 6.45) is 0. The first-order valence-electron chi connectivity index (χ1n) is 1.76. The normalized spacial score (nSPS) is 13.0. The molecule has 0 radical (unpaired) electrons. The topological polar surface area (TPSA) is 49.3 Å². The van der Waals surface area contributed by atoms with E-state index in [0.29, 0.717) is 0 Å². The van der Waals surface area contributed by atoms with Gasteiger partial charge in [-0.3, -0.25) is 10.0 Å². The number of carbonyl (C=O) groups excluding carboxylic acids is 1. The van der Waals surface area contributed by atoms with Crippen molar-refractivity contribution in [3.05, 3.63) is 0 Å². The monoisotopic (exact) mass is 123 g/mol. The Morgan fingerprint density at radius 3 is 2.43 bits per heavy atom. The molecule has 2 N–H and O–H groups in total. The summed E-state index contributed by atoms with van der Waals surface area (Å²) in [7, 11) is 0. The molecule has 0 saturated heterocycles. The fourth-order valence-corrected chi connectivity index (χ4v) is 0.138. The van der Waals surface area contributed by atoms with Crippen LogP contribution >= 0.6 is 11.6 Å². The van der Waals surface area contributed by atoms with E-state index in [9.17, 15) is 4.79 Å². The summed E-state index contributed by atoms with van der Waals surface area (Å²) < 4.78 is 0. The second kappa shape index (κ2) is 2.82. The first-order valence-corrected chi connectivity index (χ1v) is 2.20. The molecular formula is C3H6ClNO2. The van der Waals surface area contributed by atoms with E-state index in [-0.39, 0.29) is 0 Å². The lowest BCUT2D eigenvalue weighted by Gasteiger charge is -1.95. The number of halogens is 1. The molecule has 3 nitrogen and oxygen atoms in total. The molecule has 0 aromatic carbocycles. The molecule has 0 aliphatic rings. The molecule has 1 atom stereocenters. The van der Waals surface area contributed by atoms with E-state index in [4.69, 9.17) is 16.8 Å². The zero-order valence-corrected chi connectivity index (χ0v) is 4.57. The molecular weight excluding hydrogens is 117 g/mol. The van der Waals surface area contributed by atoms with Crippen LogP contribution in [0.15, 0.2) is 0 Å². The van der Waals surface area contributed by atoms with Crippen molar-refractivity contribution in [2.24, 2.45) is 0 Å². The average molecular weight is 124 g/mol. The highest BCUT2D eigenvalue weighted by molar-refractivity contribution is 6.30. The maximum atomic E-state index is 10.0. The molecule has 7 heavy (non-hydrogen) atoms. The van der Waals surface area contributed by atoms with Gasteiger partial charge in [0, 0.05) is 0 Å². The van der Waals surface area contributed by atoms with E-state index in [1.807, 2.05) is 0 Å². The molecule has 0 rings (SSSR count). The molecule has 0 bridgehead atoms. The number of hydrogen-bond acceptors (Lipinski definition) is 2. The second-order valence-electron chi connectivity index (χ2n) is 1.09. The molecule has 0 heterocycles. The SMILES string of the molecule is CC(Cl)C(=O)NO. The minimum atomic E-state index is -0.662. The third-order valence-electron chi connectivity index (χ3n) is 0.471. The maximum Gasteiger partial charge on any atom is 0.261 e. The van der Waals surface area contributed by atoms with Crippen molar-refractivity contribution in [2.75, 3.05) is 0 Å². The van der Waals surface area contributed by atoms with Gasteiger partial charge >= 0.3 is 0 Å². The standard InChI is InChI=1S/C3H6ClNO2/c1-2(4)3(6)5-7/h2,7H,1H3,(H,5,6). The largest absolute Gasteiger partial charge is 0.289 e. The van der Waals surface area contributed by atoms with Gasteiger partial charge in [-0.1, -0.05) is 0 Å². The van der Waals surface area contributed by atoms with Crippen LogP contribution in [-0.4, -0.2) is 16.5 Å². The lowest BCUT2D eigenvalue weighted by molar-refractivity contribution is -0.128. The van der Waals surface area contributed by atoms with Crippen molar-refractivity contribution in [1.82, 2.24) is 5.48 Å². The molecule has 1 amide bonds. The van der Waals surface area contributed by atoms with Gasteiger partial charge in [-0.25, -0.2) is 5.48 Å². The quantitative estimate of drug-likeness (QED) is 0.296. The number of hydrogen-bond donors (Lipinski definition) is 2. The van der Waals surface area contributed by atoms with Gasteiger partial charge in [0.25, 0.3) is 5.91 Å². The number of amides is 1. The lowest BCUT2D eigenvalue weighted by atomic mass is 10.5. The van der Waals surface area contributed by atoms with Gasteiger partial charge in [0.1, 0.15) is 5.38 Å². The Kier molecular flexibility index (Phi) is 2.71. The summed E-state index contributed by atoms with van der Waals surface area (Å²) in [6.45, 7) is 1.47. The number of nitrogens with one attached hydrogen (secondary N) is 1. The Balaban J connectivity index is 3.35. The van der Waals surface area contributed by atoms with Crippen LogP contribution in [0.25, 0.3) is 0 Å². The maximum absolute atomic E-state index is 10.0. The van der Waals surface area contributed by atoms with Crippen molar-refractivity contribution in [1.29, 1.82) is 0 Å². The van der Waals surface area contributed by atoms with Gasteiger partial charge in [-0.2, -0.15) is 0 Å². The third kappa shape index (κ3) is 2.42. The predicted octanol–water partition coefficient (Wildman–Crippen LogP) is 0.119. The van der Waals surface area contributed by atoms with Crippen LogP contribution in [-0.2, 0) is 4.79 Å². The first-order chi connectivity index (χ1) is 3.18. The molecule has 42 valence electrons. The molecule has 0 aromatic heterocycles. The Hall–Kier alpha value is -0.280. The van der Waals surface area contributed by atoms with Gasteiger partial charge in [0.05, 0.1) is 0 Å².